The molecule has 0 aliphatic rings. The average Bonchev–Trinajstić information content (AvgIpc) is 2.45. The highest BCUT2D eigenvalue weighted by Crippen LogP contribution is 2.22. The second kappa shape index (κ2) is 6.25. The predicted molar refractivity (Wildman–Crippen MR) is 74.3 cm³/mol. The van der Waals surface area contributed by atoms with Crippen LogP contribution < -0.4 is 0 Å². The van der Waals surface area contributed by atoms with Crippen molar-refractivity contribution in [2.45, 2.75) is 20.1 Å². The lowest BCUT2D eigenvalue weighted by Crippen LogP contribution is -1.98. The molecule has 0 aliphatic heterocycles. The van der Waals surface area contributed by atoms with Crippen LogP contribution in [-0.4, -0.2) is 21.4 Å². The number of aryl methyl sites for hydroxylation is 1. The van der Waals surface area contributed by atoms with Gasteiger partial charge in [0.2, 0.25) is 0 Å². The number of hydrogen-bond donors (Lipinski definition) is 2. The average molecular weight is 274 g/mol. The SMILES string of the molecule is Cc1ncc(CO)c(C=NCc2ccccc2F)c1O. The summed E-state index contributed by atoms with van der Waals surface area (Å²) >= 11 is 0. The number of aliphatic hydroxyl groups excluding tert-OH is 1. The van der Waals surface area contributed by atoms with E-state index in [0.717, 1.165) is 0 Å². The molecule has 104 valence electrons. The first kappa shape index (κ1) is 14.1. The quantitative estimate of drug-likeness (QED) is 0.841. The molecule has 0 aliphatic carbocycles. The van der Waals surface area contributed by atoms with E-state index in [1.165, 1.54) is 18.5 Å². The van der Waals surface area contributed by atoms with Crippen LogP contribution in [0.4, 0.5) is 4.39 Å². The molecule has 0 saturated heterocycles. The molecule has 0 bridgehead atoms. The third kappa shape index (κ3) is 3.00. The fourth-order valence-electron chi connectivity index (χ4n) is 1.78. The van der Waals surface area contributed by atoms with Crippen LogP contribution >= 0.6 is 0 Å². The van der Waals surface area contributed by atoms with Crippen molar-refractivity contribution in [3.63, 3.8) is 0 Å². The lowest BCUT2D eigenvalue weighted by molar-refractivity contribution is 0.280. The zero-order valence-electron chi connectivity index (χ0n) is 11.0. The van der Waals surface area contributed by atoms with Gasteiger partial charge in [0.15, 0.2) is 0 Å². The molecule has 0 fully saturated rings. The molecular weight excluding hydrogens is 259 g/mol. The number of rotatable bonds is 4. The van der Waals surface area contributed by atoms with Gasteiger partial charge in [0.25, 0.3) is 0 Å². The predicted octanol–water partition coefficient (Wildman–Crippen LogP) is 2.35. The number of aromatic nitrogens is 1. The maximum absolute atomic E-state index is 13.4. The van der Waals surface area contributed by atoms with Crippen molar-refractivity contribution in [2.75, 3.05) is 0 Å². The Morgan fingerprint density at radius 1 is 1.30 bits per heavy atom. The van der Waals surface area contributed by atoms with E-state index in [4.69, 9.17) is 0 Å². The topological polar surface area (TPSA) is 65.7 Å². The minimum atomic E-state index is -0.317. The minimum Gasteiger partial charge on any atom is -0.505 e. The fraction of sp³-hybridized carbons (Fsp3) is 0.200. The van der Waals surface area contributed by atoms with Gasteiger partial charge < -0.3 is 10.2 Å². The monoisotopic (exact) mass is 274 g/mol. The van der Waals surface area contributed by atoms with Crippen LogP contribution in [0.5, 0.6) is 5.75 Å². The molecule has 1 aromatic heterocycles. The smallest absolute Gasteiger partial charge is 0.145 e. The molecular formula is C15H15FN2O2. The van der Waals surface area contributed by atoms with Crippen molar-refractivity contribution in [1.29, 1.82) is 0 Å². The maximum atomic E-state index is 13.4. The number of aromatic hydroxyl groups is 1. The van der Waals surface area contributed by atoms with Crippen LogP contribution in [0, 0.1) is 12.7 Å². The van der Waals surface area contributed by atoms with E-state index >= 15 is 0 Å². The van der Waals surface area contributed by atoms with Gasteiger partial charge in [-0.3, -0.25) is 9.98 Å². The van der Waals surface area contributed by atoms with E-state index in [-0.39, 0.29) is 24.7 Å². The summed E-state index contributed by atoms with van der Waals surface area (Å²) in [6.45, 7) is 1.57. The van der Waals surface area contributed by atoms with E-state index in [9.17, 15) is 14.6 Å². The molecule has 4 nitrogen and oxygen atoms in total. The van der Waals surface area contributed by atoms with Crippen LogP contribution in [0.25, 0.3) is 0 Å². The first-order valence-corrected chi connectivity index (χ1v) is 6.15. The van der Waals surface area contributed by atoms with Crippen molar-refractivity contribution >= 4 is 6.21 Å². The number of halogens is 1. The Bertz CT molecular complexity index is 642. The highest BCUT2D eigenvalue weighted by atomic mass is 19.1. The molecule has 0 radical (unpaired) electrons. The Kier molecular flexibility index (Phi) is 4.42. The van der Waals surface area contributed by atoms with Crippen molar-refractivity contribution in [3.8, 4) is 5.75 Å². The van der Waals surface area contributed by atoms with Gasteiger partial charge in [-0.2, -0.15) is 0 Å². The van der Waals surface area contributed by atoms with E-state index < -0.39 is 0 Å². The molecule has 2 rings (SSSR count). The molecule has 20 heavy (non-hydrogen) atoms. The molecule has 1 aromatic carbocycles. The van der Waals surface area contributed by atoms with Crippen LogP contribution in [-0.2, 0) is 13.2 Å². The van der Waals surface area contributed by atoms with Crippen molar-refractivity contribution < 1.29 is 14.6 Å². The summed E-state index contributed by atoms with van der Waals surface area (Å²) in [7, 11) is 0. The Morgan fingerprint density at radius 2 is 2.05 bits per heavy atom. The van der Waals surface area contributed by atoms with Crippen LogP contribution in [0.2, 0.25) is 0 Å². The zero-order valence-corrected chi connectivity index (χ0v) is 11.0. The molecule has 2 aromatic rings. The second-order valence-electron chi connectivity index (χ2n) is 4.35. The van der Waals surface area contributed by atoms with Gasteiger partial charge in [0.1, 0.15) is 11.6 Å². The summed E-state index contributed by atoms with van der Waals surface area (Å²) in [6, 6.07) is 6.38. The molecule has 2 N–H and O–H groups in total. The van der Waals surface area contributed by atoms with Crippen LogP contribution in [0.3, 0.4) is 0 Å². The molecule has 5 heteroatoms. The van der Waals surface area contributed by atoms with Gasteiger partial charge >= 0.3 is 0 Å². The molecule has 0 amide bonds. The van der Waals surface area contributed by atoms with E-state index in [1.54, 1.807) is 25.1 Å². The highest BCUT2D eigenvalue weighted by Gasteiger charge is 2.09. The Labute approximate surface area is 116 Å². The summed E-state index contributed by atoms with van der Waals surface area (Å²) in [5.74, 6) is -0.337. The second-order valence-corrected chi connectivity index (χ2v) is 4.35. The lowest BCUT2D eigenvalue weighted by atomic mass is 10.1. The van der Waals surface area contributed by atoms with Crippen molar-refractivity contribution in [3.05, 3.63) is 58.7 Å². The van der Waals surface area contributed by atoms with Crippen LogP contribution in [0.15, 0.2) is 35.5 Å². The van der Waals surface area contributed by atoms with Crippen LogP contribution in [0.1, 0.15) is 22.4 Å². The Hall–Kier alpha value is -2.27. The zero-order chi connectivity index (χ0) is 14.5. The minimum absolute atomic E-state index is 0.0196. The van der Waals surface area contributed by atoms with E-state index in [0.29, 0.717) is 22.4 Å². The standard InChI is InChI=1S/C15H15FN2O2/c1-10-15(20)13(12(9-19)7-18-10)8-17-6-11-4-2-3-5-14(11)16/h2-5,7-8,19-20H,6,9H2,1H3. The summed E-state index contributed by atoms with van der Waals surface area (Å²) in [5, 5.41) is 19.1. The summed E-state index contributed by atoms with van der Waals surface area (Å²) < 4.78 is 13.4. The van der Waals surface area contributed by atoms with Gasteiger partial charge in [-0.1, -0.05) is 18.2 Å². The summed E-state index contributed by atoms with van der Waals surface area (Å²) in [5.41, 5.74) is 1.82. The highest BCUT2D eigenvalue weighted by molar-refractivity contribution is 5.85. The normalized spacial score (nSPS) is 11.2. The molecule has 0 unspecified atom stereocenters. The molecule has 1 heterocycles. The maximum Gasteiger partial charge on any atom is 0.145 e. The lowest BCUT2D eigenvalue weighted by Gasteiger charge is -2.07. The van der Waals surface area contributed by atoms with E-state index in [1.807, 2.05) is 0 Å². The Morgan fingerprint density at radius 3 is 2.75 bits per heavy atom. The first-order chi connectivity index (χ1) is 9.63. The van der Waals surface area contributed by atoms with Crippen molar-refractivity contribution in [1.82, 2.24) is 4.98 Å². The number of nitrogens with zero attached hydrogens (tertiary/aromatic N) is 2. The van der Waals surface area contributed by atoms with Gasteiger partial charge in [-0.25, -0.2) is 4.39 Å². The van der Waals surface area contributed by atoms with Gasteiger partial charge in [-0.05, 0) is 13.0 Å². The largest absolute Gasteiger partial charge is 0.505 e. The fourth-order valence-corrected chi connectivity index (χ4v) is 1.78. The van der Waals surface area contributed by atoms with Gasteiger partial charge in [-0.15, -0.1) is 0 Å². The molecule has 0 spiro atoms. The number of hydrogen-bond acceptors (Lipinski definition) is 4. The molecule has 0 saturated carbocycles. The molecule has 0 atom stereocenters. The Balaban J connectivity index is 2.24. The number of benzene rings is 1. The third-order valence-corrected chi connectivity index (χ3v) is 2.97. The third-order valence-electron chi connectivity index (χ3n) is 2.97. The van der Waals surface area contributed by atoms with E-state index in [2.05, 4.69) is 9.98 Å². The summed E-state index contributed by atoms with van der Waals surface area (Å²) in [4.78, 5) is 8.08. The number of aliphatic imine (C=N–C) groups is 1. The summed E-state index contributed by atoms with van der Waals surface area (Å²) in [6.07, 6.45) is 2.92. The van der Waals surface area contributed by atoms with Gasteiger partial charge in [0, 0.05) is 29.1 Å². The first-order valence-electron chi connectivity index (χ1n) is 6.15. The van der Waals surface area contributed by atoms with Crippen molar-refractivity contribution in [2.24, 2.45) is 4.99 Å². The van der Waals surface area contributed by atoms with Gasteiger partial charge in [0.05, 0.1) is 18.8 Å². The number of pyridine rings is 1. The number of aliphatic hydroxyl groups is 1.